The predicted octanol–water partition coefficient (Wildman–Crippen LogP) is 8.29. The monoisotopic (exact) mass is 366 g/mol. The minimum atomic E-state index is 1.12. The molecule has 0 aliphatic carbocycles. The molecule has 0 rings (SSSR count). The number of nitrogens with zero attached hydrogens (tertiary/aromatic N) is 1. The average Bonchev–Trinajstić information content (AvgIpc) is 2.64. The summed E-state index contributed by atoms with van der Waals surface area (Å²) in [5, 5.41) is 0. The van der Waals surface area contributed by atoms with Crippen LogP contribution in [0.5, 0.6) is 0 Å². The van der Waals surface area contributed by atoms with Gasteiger partial charge in [0.2, 0.25) is 0 Å². The van der Waals surface area contributed by atoms with Crippen LogP contribution in [0.4, 0.5) is 0 Å². The van der Waals surface area contributed by atoms with E-state index in [4.69, 9.17) is 0 Å². The van der Waals surface area contributed by atoms with Crippen LogP contribution in [0.2, 0.25) is 0 Å². The van der Waals surface area contributed by atoms with Gasteiger partial charge in [-0.05, 0) is 25.8 Å². The Morgan fingerprint density at radius 2 is 0.923 bits per heavy atom. The van der Waals surface area contributed by atoms with E-state index >= 15 is 0 Å². The molecule has 0 aliphatic rings. The Kier molecular flexibility index (Phi) is 19.2. The third-order valence-corrected chi connectivity index (χ3v) is 6.13. The van der Waals surface area contributed by atoms with E-state index in [0.29, 0.717) is 0 Å². The number of likely N-dealkylation sites (N-methyl/N-ethyl adjacent to an activating group) is 1. The van der Waals surface area contributed by atoms with Crippen molar-refractivity contribution in [2.45, 2.75) is 123 Å². The molecule has 1 heteroatoms. The summed E-state index contributed by atoms with van der Waals surface area (Å²) in [5.41, 5.74) is 0. The Labute approximate surface area is 167 Å². The fourth-order valence-electron chi connectivity index (χ4n) is 3.91. The lowest BCUT2D eigenvalue weighted by atomic mass is 10.0. The largest absolute Gasteiger partial charge is 0.323 e. The molecule has 156 valence electrons. The normalized spacial score (nSPS) is 13.7. The number of quaternary nitrogens is 1. The Morgan fingerprint density at radius 1 is 0.577 bits per heavy atom. The SMILES string of the molecule is C=CC[N+](C)(CC)CCCCCCCCCCCCCCCCCCC. The van der Waals surface area contributed by atoms with E-state index in [9.17, 15) is 0 Å². The summed E-state index contributed by atoms with van der Waals surface area (Å²) in [6.07, 6.45) is 26.8. The van der Waals surface area contributed by atoms with Crippen LogP contribution in [0, 0.1) is 0 Å². The standard InChI is InChI=1S/C25H52N/c1-5-8-9-10-11-12-13-14-15-16-17-18-19-20-21-22-23-25-26(4,7-3)24-6-2/h6H,2,5,7-25H2,1,3-4H3/q+1. The van der Waals surface area contributed by atoms with Gasteiger partial charge in [0.25, 0.3) is 0 Å². The first-order chi connectivity index (χ1) is 12.7. The molecule has 1 nitrogen and oxygen atoms in total. The van der Waals surface area contributed by atoms with Crippen LogP contribution in [0.3, 0.4) is 0 Å². The zero-order valence-corrected chi connectivity index (χ0v) is 18.9. The highest BCUT2D eigenvalue weighted by molar-refractivity contribution is 4.65. The van der Waals surface area contributed by atoms with Gasteiger partial charge in [0, 0.05) is 0 Å². The van der Waals surface area contributed by atoms with Gasteiger partial charge in [-0.25, -0.2) is 0 Å². The van der Waals surface area contributed by atoms with Crippen LogP contribution in [0.1, 0.15) is 123 Å². The molecule has 0 aromatic carbocycles. The predicted molar refractivity (Wildman–Crippen MR) is 121 cm³/mol. The van der Waals surface area contributed by atoms with E-state index in [2.05, 4.69) is 33.6 Å². The molecule has 1 unspecified atom stereocenters. The van der Waals surface area contributed by atoms with Crippen LogP contribution in [0.25, 0.3) is 0 Å². The first-order valence-corrected chi connectivity index (χ1v) is 12.1. The maximum atomic E-state index is 3.91. The van der Waals surface area contributed by atoms with Crippen molar-refractivity contribution in [2.24, 2.45) is 0 Å². The molecule has 0 aromatic rings. The minimum Gasteiger partial charge on any atom is -0.323 e. The second kappa shape index (κ2) is 19.5. The van der Waals surface area contributed by atoms with Gasteiger partial charge in [0.05, 0.1) is 26.7 Å². The zero-order valence-electron chi connectivity index (χ0n) is 18.9. The van der Waals surface area contributed by atoms with Gasteiger partial charge in [-0.15, -0.1) is 0 Å². The lowest BCUT2D eigenvalue weighted by molar-refractivity contribution is -0.902. The van der Waals surface area contributed by atoms with Gasteiger partial charge < -0.3 is 4.48 Å². The van der Waals surface area contributed by atoms with Crippen molar-refractivity contribution < 1.29 is 4.48 Å². The number of hydrogen-bond donors (Lipinski definition) is 0. The van der Waals surface area contributed by atoms with Crippen LogP contribution < -0.4 is 0 Å². The fraction of sp³-hybridized carbons (Fsp3) is 0.920. The van der Waals surface area contributed by atoms with Gasteiger partial charge >= 0.3 is 0 Å². The van der Waals surface area contributed by atoms with Crippen molar-refractivity contribution in [3.8, 4) is 0 Å². The Balaban J connectivity index is 3.19. The second-order valence-corrected chi connectivity index (χ2v) is 8.79. The molecule has 0 saturated carbocycles. The molecule has 0 N–H and O–H groups in total. The highest BCUT2D eigenvalue weighted by atomic mass is 15.3. The van der Waals surface area contributed by atoms with Crippen LogP contribution in [-0.4, -0.2) is 31.2 Å². The maximum absolute atomic E-state index is 3.91. The first-order valence-electron chi connectivity index (χ1n) is 12.1. The van der Waals surface area contributed by atoms with Crippen molar-refractivity contribution in [2.75, 3.05) is 26.7 Å². The van der Waals surface area contributed by atoms with Crippen molar-refractivity contribution in [1.82, 2.24) is 0 Å². The van der Waals surface area contributed by atoms with Gasteiger partial charge in [0.1, 0.15) is 0 Å². The van der Waals surface area contributed by atoms with Gasteiger partial charge in [-0.3, -0.25) is 0 Å². The van der Waals surface area contributed by atoms with Gasteiger partial charge in [0.15, 0.2) is 0 Å². The lowest BCUT2D eigenvalue weighted by Crippen LogP contribution is -2.44. The molecule has 0 saturated heterocycles. The van der Waals surface area contributed by atoms with E-state index in [-0.39, 0.29) is 0 Å². The van der Waals surface area contributed by atoms with Crippen LogP contribution in [0.15, 0.2) is 12.7 Å². The van der Waals surface area contributed by atoms with E-state index in [1.54, 1.807) is 0 Å². The molecule has 1 atom stereocenters. The molecule has 0 aliphatic heterocycles. The molecule has 26 heavy (non-hydrogen) atoms. The second-order valence-electron chi connectivity index (χ2n) is 8.79. The quantitative estimate of drug-likeness (QED) is 0.109. The summed E-state index contributed by atoms with van der Waals surface area (Å²) < 4.78 is 1.17. The topological polar surface area (TPSA) is 0 Å². The molecule has 0 amide bonds. The molecule has 0 spiro atoms. The summed E-state index contributed by atoms with van der Waals surface area (Å²) in [6.45, 7) is 12.2. The van der Waals surface area contributed by atoms with Crippen molar-refractivity contribution >= 4 is 0 Å². The Bertz CT molecular complexity index is 286. The highest BCUT2D eigenvalue weighted by Crippen LogP contribution is 2.14. The van der Waals surface area contributed by atoms with Crippen molar-refractivity contribution in [1.29, 1.82) is 0 Å². The number of rotatable bonds is 21. The third-order valence-electron chi connectivity index (χ3n) is 6.13. The summed E-state index contributed by atoms with van der Waals surface area (Å²) in [5.74, 6) is 0. The van der Waals surface area contributed by atoms with E-state index in [0.717, 1.165) is 6.54 Å². The minimum absolute atomic E-state index is 1.12. The van der Waals surface area contributed by atoms with E-state index in [1.807, 2.05) is 0 Å². The van der Waals surface area contributed by atoms with Crippen molar-refractivity contribution in [3.05, 3.63) is 12.7 Å². The molecule has 0 fully saturated rings. The fourth-order valence-corrected chi connectivity index (χ4v) is 3.91. The number of hydrogen-bond acceptors (Lipinski definition) is 0. The molecule has 0 bridgehead atoms. The van der Waals surface area contributed by atoms with Gasteiger partial charge in [-0.1, -0.05) is 110 Å². The maximum Gasteiger partial charge on any atom is 0.0968 e. The Morgan fingerprint density at radius 3 is 1.23 bits per heavy atom. The van der Waals surface area contributed by atoms with Crippen LogP contribution >= 0.6 is 0 Å². The summed E-state index contributed by atoms with van der Waals surface area (Å²) >= 11 is 0. The summed E-state index contributed by atoms with van der Waals surface area (Å²) in [7, 11) is 2.37. The number of unbranched alkanes of at least 4 members (excludes halogenated alkanes) is 16. The first kappa shape index (κ1) is 25.7. The highest BCUT2D eigenvalue weighted by Gasteiger charge is 2.15. The van der Waals surface area contributed by atoms with Crippen molar-refractivity contribution in [3.63, 3.8) is 0 Å². The van der Waals surface area contributed by atoms with Crippen LogP contribution in [-0.2, 0) is 0 Å². The molecule has 0 aromatic heterocycles. The average molecular weight is 367 g/mol. The molecule has 0 radical (unpaired) electrons. The smallest absolute Gasteiger partial charge is 0.0968 e. The summed E-state index contributed by atoms with van der Waals surface area (Å²) in [6, 6.07) is 0. The molecular weight excluding hydrogens is 314 g/mol. The Hall–Kier alpha value is -0.300. The zero-order chi connectivity index (χ0) is 19.3. The van der Waals surface area contributed by atoms with E-state index in [1.165, 1.54) is 127 Å². The summed E-state index contributed by atoms with van der Waals surface area (Å²) in [4.78, 5) is 0. The molecular formula is C25H52N+. The lowest BCUT2D eigenvalue weighted by Gasteiger charge is -2.32. The van der Waals surface area contributed by atoms with E-state index < -0.39 is 0 Å². The third kappa shape index (κ3) is 17.1. The van der Waals surface area contributed by atoms with Gasteiger partial charge in [-0.2, -0.15) is 0 Å². The molecule has 0 heterocycles.